The first-order valence-electron chi connectivity index (χ1n) is 4.94. The molecule has 0 bridgehead atoms. The molecule has 1 rings (SSSR count). The fraction of sp³-hybridized carbons (Fsp3) is 1.00. The third-order valence-corrected chi connectivity index (χ3v) is 4.94. The van der Waals surface area contributed by atoms with E-state index >= 15 is 0 Å². The zero-order valence-corrected chi connectivity index (χ0v) is 9.07. The van der Waals surface area contributed by atoms with Crippen LogP contribution in [0.4, 0.5) is 0 Å². The van der Waals surface area contributed by atoms with E-state index in [1.54, 1.807) is 6.92 Å². The number of sulfone groups is 1. The number of hydrogen-bond acceptors (Lipinski definition) is 3. The van der Waals surface area contributed by atoms with Gasteiger partial charge in [-0.15, -0.1) is 0 Å². The average molecular weight is 205 g/mol. The van der Waals surface area contributed by atoms with Gasteiger partial charge in [-0.05, 0) is 31.2 Å². The van der Waals surface area contributed by atoms with Crippen LogP contribution in [0.15, 0.2) is 0 Å². The Kier molecular flexibility index (Phi) is 3.35. The molecule has 0 aliphatic heterocycles. The van der Waals surface area contributed by atoms with Crippen molar-refractivity contribution in [2.24, 2.45) is 11.1 Å². The first-order valence-corrected chi connectivity index (χ1v) is 6.76. The maximum absolute atomic E-state index is 11.3. The van der Waals surface area contributed by atoms with E-state index in [0.717, 1.165) is 19.3 Å². The Morgan fingerprint density at radius 1 is 1.38 bits per heavy atom. The van der Waals surface area contributed by atoms with E-state index in [-0.39, 0.29) is 11.2 Å². The molecule has 1 aliphatic rings. The fourth-order valence-corrected chi connectivity index (χ4v) is 2.78. The van der Waals surface area contributed by atoms with E-state index in [0.29, 0.717) is 12.3 Å². The van der Waals surface area contributed by atoms with Gasteiger partial charge in [0, 0.05) is 5.75 Å². The van der Waals surface area contributed by atoms with Gasteiger partial charge in [-0.3, -0.25) is 0 Å². The summed E-state index contributed by atoms with van der Waals surface area (Å²) in [6.45, 7) is 2.34. The highest BCUT2D eigenvalue weighted by atomic mass is 32.2. The maximum Gasteiger partial charge on any atom is 0.150 e. The molecule has 1 fully saturated rings. The van der Waals surface area contributed by atoms with Crippen LogP contribution in [-0.2, 0) is 9.84 Å². The van der Waals surface area contributed by atoms with Crippen molar-refractivity contribution in [2.75, 3.05) is 18.1 Å². The van der Waals surface area contributed by atoms with Gasteiger partial charge in [-0.25, -0.2) is 8.42 Å². The highest BCUT2D eigenvalue weighted by Crippen LogP contribution is 2.43. The van der Waals surface area contributed by atoms with Crippen molar-refractivity contribution in [3.63, 3.8) is 0 Å². The van der Waals surface area contributed by atoms with Crippen molar-refractivity contribution in [1.29, 1.82) is 0 Å². The van der Waals surface area contributed by atoms with Gasteiger partial charge in [-0.1, -0.05) is 13.3 Å². The zero-order valence-electron chi connectivity index (χ0n) is 8.25. The quantitative estimate of drug-likeness (QED) is 0.726. The molecule has 0 heterocycles. The smallest absolute Gasteiger partial charge is 0.150 e. The Balaban J connectivity index is 2.41. The van der Waals surface area contributed by atoms with Crippen LogP contribution >= 0.6 is 0 Å². The van der Waals surface area contributed by atoms with Crippen LogP contribution in [0.5, 0.6) is 0 Å². The summed E-state index contributed by atoms with van der Waals surface area (Å²) in [5.41, 5.74) is 5.81. The third-order valence-electron chi connectivity index (χ3n) is 3.23. The molecule has 0 saturated heterocycles. The molecule has 2 N–H and O–H groups in total. The average Bonchev–Trinajstić information content (AvgIpc) is 2.03. The normalized spacial score (nSPS) is 21.1. The molecule has 0 amide bonds. The Bertz CT molecular complexity index is 249. The van der Waals surface area contributed by atoms with Crippen LogP contribution in [0.1, 0.15) is 32.6 Å². The largest absolute Gasteiger partial charge is 0.330 e. The van der Waals surface area contributed by atoms with E-state index < -0.39 is 9.84 Å². The lowest BCUT2D eigenvalue weighted by Gasteiger charge is -2.41. The monoisotopic (exact) mass is 205 g/mol. The topological polar surface area (TPSA) is 60.2 Å². The van der Waals surface area contributed by atoms with Crippen LogP contribution in [0.3, 0.4) is 0 Å². The fourth-order valence-electron chi connectivity index (χ4n) is 1.75. The van der Waals surface area contributed by atoms with Crippen LogP contribution < -0.4 is 5.73 Å². The Labute approximate surface area is 80.6 Å². The molecule has 0 aromatic rings. The molecule has 13 heavy (non-hydrogen) atoms. The van der Waals surface area contributed by atoms with Crippen LogP contribution in [0.25, 0.3) is 0 Å². The standard InChI is InChI=1S/C9H19NO2S/c1-2-13(11,12)7-6-9(8-10)4-3-5-9/h2-8,10H2,1H3. The molecule has 0 aromatic carbocycles. The summed E-state index contributed by atoms with van der Waals surface area (Å²) in [5, 5.41) is 0. The number of rotatable bonds is 5. The second kappa shape index (κ2) is 3.96. The Morgan fingerprint density at radius 2 is 2.00 bits per heavy atom. The molecule has 0 atom stereocenters. The van der Waals surface area contributed by atoms with Crippen molar-refractivity contribution in [2.45, 2.75) is 32.6 Å². The van der Waals surface area contributed by atoms with Gasteiger partial charge in [0.05, 0.1) is 5.75 Å². The molecular formula is C9H19NO2S. The van der Waals surface area contributed by atoms with Crippen LogP contribution in [0.2, 0.25) is 0 Å². The minimum Gasteiger partial charge on any atom is -0.330 e. The summed E-state index contributed by atoms with van der Waals surface area (Å²) in [4.78, 5) is 0. The number of hydrogen-bond donors (Lipinski definition) is 1. The lowest BCUT2D eigenvalue weighted by atomic mass is 9.67. The van der Waals surface area contributed by atoms with Gasteiger partial charge in [0.1, 0.15) is 9.84 Å². The highest BCUT2D eigenvalue weighted by molar-refractivity contribution is 7.91. The molecule has 0 spiro atoms. The maximum atomic E-state index is 11.3. The van der Waals surface area contributed by atoms with E-state index in [2.05, 4.69) is 0 Å². The first-order chi connectivity index (χ1) is 6.04. The summed E-state index contributed by atoms with van der Waals surface area (Å²) in [6.07, 6.45) is 4.20. The molecule has 3 nitrogen and oxygen atoms in total. The van der Waals surface area contributed by atoms with E-state index in [4.69, 9.17) is 5.73 Å². The number of nitrogens with two attached hydrogens (primary N) is 1. The second-order valence-electron chi connectivity index (χ2n) is 4.04. The van der Waals surface area contributed by atoms with E-state index in [9.17, 15) is 8.42 Å². The van der Waals surface area contributed by atoms with E-state index in [1.165, 1.54) is 6.42 Å². The van der Waals surface area contributed by atoms with Crippen molar-refractivity contribution < 1.29 is 8.42 Å². The minimum atomic E-state index is -2.79. The van der Waals surface area contributed by atoms with Gasteiger partial charge in [0.25, 0.3) is 0 Å². The van der Waals surface area contributed by atoms with Gasteiger partial charge in [-0.2, -0.15) is 0 Å². The summed E-state index contributed by atoms with van der Waals surface area (Å²) in [6, 6.07) is 0. The molecular weight excluding hydrogens is 186 g/mol. The van der Waals surface area contributed by atoms with Gasteiger partial charge in [0.2, 0.25) is 0 Å². The third kappa shape index (κ3) is 2.68. The molecule has 1 aliphatic carbocycles. The molecule has 78 valence electrons. The zero-order chi connectivity index (χ0) is 9.95. The lowest BCUT2D eigenvalue weighted by Crippen LogP contribution is -2.38. The van der Waals surface area contributed by atoms with Crippen LogP contribution in [0, 0.1) is 5.41 Å². The van der Waals surface area contributed by atoms with Crippen molar-refractivity contribution >= 4 is 9.84 Å². The molecule has 4 heteroatoms. The first kappa shape index (κ1) is 11.0. The van der Waals surface area contributed by atoms with E-state index in [1.807, 2.05) is 0 Å². The Hall–Kier alpha value is -0.0900. The molecule has 1 saturated carbocycles. The molecule has 0 radical (unpaired) electrons. The van der Waals surface area contributed by atoms with Gasteiger partial charge >= 0.3 is 0 Å². The summed E-state index contributed by atoms with van der Waals surface area (Å²) < 4.78 is 22.5. The highest BCUT2D eigenvalue weighted by Gasteiger charge is 2.35. The Morgan fingerprint density at radius 3 is 2.31 bits per heavy atom. The molecule has 0 aromatic heterocycles. The van der Waals surface area contributed by atoms with Gasteiger partial charge in [0.15, 0.2) is 0 Å². The summed E-state index contributed by atoms with van der Waals surface area (Å²) >= 11 is 0. The SMILES string of the molecule is CCS(=O)(=O)CCC1(CN)CCC1. The minimum absolute atomic E-state index is 0.169. The summed E-state index contributed by atoms with van der Waals surface area (Å²) in [5.74, 6) is 0.578. The molecule has 0 unspecified atom stereocenters. The summed E-state index contributed by atoms with van der Waals surface area (Å²) in [7, 11) is -2.79. The van der Waals surface area contributed by atoms with Crippen molar-refractivity contribution in [3.05, 3.63) is 0 Å². The second-order valence-corrected chi connectivity index (χ2v) is 6.52. The van der Waals surface area contributed by atoms with Crippen molar-refractivity contribution in [1.82, 2.24) is 0 Å². The predicted molar refractivity (Wildman–Crippen MR) is 54.3 cm³/mol. The lowest BCUT2D eigenvalue weighted by molar-refractivity contribution is 0.139. The van der Waals surface area contributed by atoms with Gasteiger partial charge < -0.3 is 5.73 Å². The van der Waals surface area contributed by atoms with Crippen molar-refractivity contribution in [3.8, 4) is 0 Å². The predicted octanol–water partition coefficient (Wildman–Crippen LogP) is 0.940. The van der Waals surface area contributed by atoms with Crippen LogP contribution in [-0.4, -0.2) is 26.5 Å².